The maximum absolute atomic E-state index is 13.2. The molecular weight excluding hydrogens is 271 g/mol. The Labute approximate surface area is 123 Å². The van der Waals surface area contributed by atoms with Crippen molar-refractivity contribution >= 4 is 16.8 Å². The molecule has 1 aromatic heterocycles. The Morgan fingerprint density at radius 2 is 2.19 bits per heavy atom. The zero-order valence-corrected chi connectivity index (χ0v) is 12.2. The third kappa shape index (κ3) is 3.76. The van der Waals surface area contributed by atoms with Crippen LogP contribution in [0.25, 0.3) is 10.9 Å². The molecule has 1 heterocycles. The van der Waals surface area contributed by atoms with Crippen LogP contribution in [-0.2, 0) is 0 Å². The summed E-state index contributed by atoms with van der Waals surface area (Å²) in [5.74, 6) is -0.629. The summed E-state index contributed by atoms with van der Waals surface area (Å²) in [5.41, 5.74) is 1.50. The first kappa shape index (κ1) is 15.4. The summed E-state index contributed by atoms with van der Waals surface area (Å²) < 4.78 is 13.2. The minimum absolute atomic E-state index is 0.216. The molecule has 1 atom stereocenters. The second kappa shape index (κ2) is 6.63. The summed E-state index contributed by atoms with van der Waals surface area (Å²) in [6.07, 6.45) is 0.968. The van der Waals surface area contributed by atoms with Crippen molar-refractivity contribution in [3.05, 3.63) is 41.3 Å². The zero-order chi connectivity index (χ0) is 15.4. The number of hydrogen-bond donors (Lipinski definition) is 2. The molecule has 0 bridgehead atoms. The molecule has 2 rings (SSSR count). The Kier molecular flexibility index (Phi) is 4.85. The molecule has 0 radical (unpaired) electrons. The number of rotatable bonds is 5. The second-order valence-electron chi connectivity index (χ2n) is 5.11. The van der Waals surface area contributed by atoms with Gasteiger partial charge in [0.15, 0.2) is 0 Å². The average Bonchev–Trinajstić information content (AvgIpc) is 2.44. The van der Waals surface area contributed by atoms with Crippen molar-refractivity contribution in [1.29, 1.82) is 0 Å². The summed E-state index contributed by atoms with van der Waals surface area (Å²) in [6.45, 7) is 3.90. The van der Waals surface area contributed by atoms with E-state index in [2.05, 4.69) is 10.3 Å². The molecule has 112 valence electrons. The van der Waals surface area contributed by atoms with Gasteiger partial charge in [-0.15, -0.1) is 0 Å². The SMILES string of the molecule is CCCC(O)CNC(=O)c1cc2ccc(F)cc2nc1C. The minimum Gasteiger partial charge on any atom is -0.391 e. The van der Waals surface area contributed by atoms with Crippen LogP contribution >= 0.6 is 0 Å². The van der Waals surface area contributed by atoms with Gasteiger partial charge in [-0.05, 0) is 31.5 Å². The van der Waals surface area contributed by atoms with E-state index in [1.54, 1.807) is 19.1 Å². The van der Waals surface area contributed by atoms with Crippen molar-refractivity contribution in [2.24, 2.45) is 0 Å². The number of halogens is 1. The van der Waals surface area contributed by atoms with E-state index in [-0.39, 0.29) is 18.3 Å². The van der Waals surface area contributed by atoms with Crippen molar-refractivity contribution in [3.8, 4) is 0 Å². The number of aliphatic hydroxyl groups is 1. The van der Waals surface area contributed by atoms with E-state index in [9.17, 15) is 14.3 Å². The largest absolute Gasteiger partial charge is 0.391 e. The fourth-order valence-electron chi connectivity index (χ4n) is 2.21. The van der Waals surface area contributed by atoms with E-state index in [1.807, 2.05) is 6.92 Å². The van der Waals surface area contributed by atoms with Crippen molar-refractivity contribution in [2.75, 3.05) is 6.54 Å². The highest BCUT2D eigenvalue weighted by Gasteiger charge is 2.13. The van der Waals surface area contributed by atoms with E-state index in [4.69, 9.17) is 0 Å². The van der Waals surface area contributed by atoms with E-state index < -0.39 is 6.10 Å². The molecule has 0 aliphatic rings. The van der Waals surface area contributed by atoms with Gasteiger partial charge in [0.1, 0.15) is 5.82 Å². The van der Waals surface area contributed by atoms with Crippen molar-refractivity contribution < 1.29 is 14.3 Å². The van der Waals surface area contributed by atoms with Crippen LogP contribution in [0.3, 0.4) is 0 Å². The Balaban J connectivity index is 2.19. The molecule has 0 aliphatic carbocycles. The number of aliphatic hydroxyl groups excluding tert-OH is 1. The molecule has 1 unspecified atom stereocenters. The maximum atomic E-state index is 13.2. The first-order valence-corrected chi connectivity index (χ1v) is 7.04. The normalized spacial score (nSPS) is 12.4. The number of benzene rings is 1. The van der Waals surface area contributed by atoms with Gasteiger partial charge in [-0.3, -0.25) is 9.78 Å². The molecule has 1 amide bonds. The molecule has 2 N–H and O–H groups in total. The number of pyridine rings is 1. The van der Waals surface area contributed by atoms with Crippen LogP contribution in [0.5, 0.6) is 0 Å². The number of carbonyl (C=O) groups excluding carboxylic acids is 1. The highest BCUT2D eigenvalue weighted by Crippen LogP contribution is 2.17. The highest BCUT2D eigenvalue weighted by atomic mass is 19.1. The molecule has 4 nitrogen and oxygen atoms in total. The molecule has 0 fully saturated rings. The molecule has 21 heavy (non-hydrogen) atoms. The lowest BCUT2D eigenvalue weighted by molar-refractivity contribution is 0.0909. The van der Waals surface area contributed by atoms with Crippen LogP contribution in [0.15, 0.2) is 24.3 Å². The van der Waals surface area contributed by atoms with Crippen LogP contribution in [0.4, 0.5) is 4.39 Å². The predicted molar refractivity (Wildman–Crippen MR) is 79.7 cm³/mol. The van der Waals surface area contributed by atoms with Crippen LogP contribution < -0.4 is 5.32 Å². The Morgan fingerprint density at radius 3 is 2.90 bits per heavy atom. The number of carbonyl (C=O) groups is 1. The fraction of sp³-hybridized carbons (Fsp3) is 0.375. The third-order valence-corrected chi connectivity index (χ3v) is 3.34. The molecule has 0 aliphatic heterocycles. The number of nitrogens with zero attached hydrogens (tertiary/aromatic N) is 1. The lowest BCUT2D eigenvalue weighted by atomic mass is 10.1. The number of aryl methyl sites for hydroxylation is 1. The standard InChI is InChI=1S/C16H19FN2O2/c1-3-4-13(20)9-18-16(21)14-7-11-5-6-12(17)8-15(11)19-10(14)2/h5-8,13,20H,3-4,9H2,1-2H3,(H,18,21). The van der Waals surface area contributed by atoms with Crippen molar-refractivity contribution in [1.82, 2.24) is 10.3 Å². The predicted octanol–water partition coefficient (Wildman–Crippen LogP) is 2.57. The molecule has 1 aromatic carbocycles. The lowest BCUT2D eigenvalue weighted by Gasteiger charge is -2.12. The van der Waals surface area contributed by atoms with E-state index >= 15 is 0 Å². The zero-order valence-electron chi connectivity index (χ0n) is 12.2. The summed E-state index contributed by atoms with van der Waals surface area (Å²) in [5, 5.41) is 13.1. The van der Waals surface area contributed by atoms with Gasteiger partial charge in [-0.1, -0.05) is 13.3 Å². The van der Waals surface area contributed by atoms with Crippen LogP contribution in [0.2, 0.25) is 0 Å². The van der Waals surface area contributed by atoms with Crippen LogP contribution in [-0.4, -0.2) is 28.6 Å². The Hall–Kier alpha value is -2.01. The number of aromatic nitrogens is 1. The lowest BCUT2D eigenvalue weighted by Crippen LogP contribution is -2.32. The van der Waals surface area contributed by atoms with Crippen molar-refractivity contribution in [3.63, 3.8) is 0 Å². The van der Waals surface area contributed by atoms with E-state index in [1.165, 1.54) is 12.1 Å². The molecule has 2 aromatic rings. The summed E-state index contributed by atoms with van der Waals surface area (Å²) in [6, 6.07) is 5.97. The summed E-state index contributed by atoms with van der Waals surface area (Å²) in [4.78, 5) is 16.4. The van der Waals surface area contributed by atoms with Crippen LogP contribution in [0, 0.1) is 12.7 Å². The molecule has 5 heteroatoms. The first-order chi connectivity index (χ1) is 10.0. The number of amides is 1. The van der Waals surface area contributed by atoms with Gasteiger partial charge >= 0.3 is 0 Å². The van der Waals surface area contributed by atoms with E-state index in [0.29, 0.717) is 28.6 Å². The first-order valence-electron chi connectivity index (χ1n) is 7.04. The average molecular weight is 290 g/mol. The fourth-order valence-corrected chi connectivity index (χ4v) is 2.21. The molecule has 0 spiro atoms. The number of hydrogen-bond acceptors (Lipinski definition) is 3. The van der Waals surface area contributed by atoms with Gasteiger partial charge in [0.2, 0.25) is 0 Å². The summed E-state index contributed by atoms with van der Waals surface area (Å²) in [7, 11) is 0. The molecule has 0 saturated heterocycles. The smallest absolute Gasteiger partial charge is 0.253 e. The third-order valence-electron chi connectivity index (χ3n) is 3.34. The Bertz CT molecular complexity index is 658. The van der Waals surface area contributed by atoms with Gasteiger partial charge in [-0.25, -0.2) is 4.39 Å². The quantitative estimate of drug-likeness (QED) is 0.889. The van der Waals surface area contributed by atoms with Crippen molar-refractivity contribution in [2.45, 2.75) is 32.8 Å². The minimum atomic E-state index is -0.540. The molecule has 0 saturated carbocycles. The van der Waals surface area contributed by atoms with Crippen LogP contribution in [0.1, 0.15) is 35.8 Å². The molecular formula is C16H19FN2O2. The number of fused-ring (bicyclic) bond motifs is 1. The maximum Gasteiger partial charge on any atom is 0.253 e. The second-order valence-corrected chi connectivity index (χ2v) is 5.11. The van der Waals surface area contributed by atoms with Gasteiger partial charge in [-0.2, -0.15) is 0 Å². The van der Waals surface area contributed by atoms with Gasteiger partial charge in [0, 0.05) is 18.0 Å². The number of nitrogens with one attached hydrogen (secondary N) is 1. The topological polar surface area (TPSA) is 62.2 Å². The monoisotopic (exact) mass is 290 g/mol. The highest BCUT2D eigenvalue weighted by molar-refractivity contribution is 5.98. The van der Waals surface area contributed by atoms with E-state index in [0.717, 1.165) is 6.42 Å². The van der Waals surface area contributed by atoms with Gasteiger partial charge in [0.05, 0.1) is 22.9 Å². The summed E-state index contributed by atoms with van der Waals surface area (Å²) >= 11 is 0. The Morgan fingerprint density at radius 1 is 1.43 bits per heavy atom. The van der Waals surface area contributed by atoms with Gasteiger partial charge < -0.3 is 10.4 Å². The van der Waals surface area contributed by atoms with Gasteiger partial charge in [0.25, 0.3) is 5.91 Å².